The molecule has 0 unspecified atom stereocenters. The van der Waals surface area contributed by atoms with Crippen LogP contribution >= 0.6 is 11.6 Å². The summed E-state index contributed by atoms with van der Waals surface area (Å²) in [5.41, 5.74) is 1.97. The Morgan fingerprint density at radius 3 is 2.52 bits per heavy atom. The molecule has 27 heavy (non-hydrogen) atoms. The first kappa shape index (κ1) is 19.3. The highest BCUT2D eigenvalue weighted by Gasteiger charge is 2.21. The van der Waals surface area contributed by atoms with Gasteiger partial charge in [0.05, 0.1) is 6.54 Å². The van der Waals surface area contributed by atoms with Gasteiger partial charge in [0.2, 0.25) is 0 Å². The van der Waals surface area contributed by atoms with Crippen LogP contribution in [-0.4, -0.2) is 55.2 Å². The molecule has 2 amide bonds. The Balaban J connectivity index is 1.39. The van der Waals surface area contributed by atoms with Gasteiger partial charge in [0.25, 0.3) is 0 Å². The number of nitrogens with one attached hydrogen (secondary N) is 1. The average molecular weight is 389 g/mol. The molecule has 0 saturated carbocycles. The first-order chi connectivity index (χ1) is 13.0. The molecule has 7 heteroatoms. The second-order valence-electron chi connectivity index (χ2n) is 6.61. The van der Waals surface area contributed by atoms with Crippen LogP contribution < -0.4 is 15.0 Å². The molecule has 1 aromatic carbocycles. The number of aromatic nitrogens is 1. The zero-order chi connectivity index (χ0) is 19.2. The van der Waals surface area contributed by atoms with Crippen LogP contribution in [0.25, 0.3) is 0 Å². The summed E-state index contributed by atoms with van der Waals surface area (Å²) in [7, 11) is 0. The molecule has 1 saturated heterocycles. The highest BCUT2D eigenvalue weighted by atomic mass is 35.5. The van der Waals surface area contributed by atoms with E-state index < -0.39 is 0 Å². The van der Waals surface area contributed by atoms with E-state index in [9.17, 15) is 4.79 Å². The summed E-state index contributed by atoms with van der Waals surface area (Å²) in [5.74, 6) is 1.73. The number of carbonyl (C=O) groups excluding carboxylic acids is 1. The first-order valence-corrected chi connectivity index (χ1v) is 9.50. The fourth-order valence-corrected chi connectivity index (χ4v) is 3.22. The van der Waals surface area contributed by atoms with E-state index >= 15 is 0 Å². The number of halogens is 1. The number of rotatable bonds is 5. The Bertz CT molecular complexity index is 754. The van der Waals surface area contributed by atoms with Crippen molar-refractivity contribution < 1.29 is 9.53 Å². The molecule has 1 aliphatic rings. The Morgan fingerprint density at radius 2 is 1.89 bits per heavy atom. The second-order valence-corrected chi connectivity index (χ2v) is 6.99. The lowest BCUT2D eigenvalue weighted by molar-refractivity contribution is 0.191. The van der Waals surface area contributed by atoms with E-state index in [1.54, 1.807) is 6.20 Å². The first-order valence-electron chi connectivity index (χ1n) is 9.13. The van der Waals surface area contributed by atoms with Gasteiger partial charge in [-0.1, -0.05) is 17.7 Å². The largest absolute Gasteiger partial charge is 0.492 e. The summed E-state index contributed by atoms with van der Waals surface area (Å²) in [6.07, 6.45) is 1.79. The zero-order valence-electron chi connectivity index (χ0n) is 15.7. The third kappa shape index (κ3) is 5.04. The fraction of sp³-hybridized carbons (Fsp3) is 0.400. The van der Waals surface area contributed by atoms with Crippen molar-refractivity contribution in [3.8, 4) is 5.75 Å². The maximum atomic E-state index is 12.3. The maximum absolute atomic E-state index is 12.3. The van der Waals surface area contributed by atoms with E-state index in [0.717, 1.165) is 40.8 Å². The molecule has 3 rings (SSSR count). The summed E-state index contributed by atoms with van der Waals surface area (Å²) >= 11 is 6.16. The highest BCUT2D eigenvalue weighted by Crippen LogP contribution is 2.25. The van der Waals surface area contributed by atoms with Crippen LogP contribution in [-0.2, 0) is 0 Å². The molecule has 144 valence electrons. The monoisotopic (exact) mass is 388 g/mol. The smallest absolute Gasteiger partial charge is 0.317 e. The van der Waals surface area contributed by atoms with Gasteiger partial charge in [-0.2, -0.15) is 0 Å². The van der Waals surface area contributed by atoms with Gasteiger partial charge < -0.3 is 19.9 Å². The molecule has 6 nitrogen and oxygen atoms in total. The minimum Gasteiger partial charge on any atom is -0.492 e. The standard InChI is InChI=1S/C20H25ClN4O2/c1-15-13-17(14-16(2)19(15)21)27-12-7-23-20(26)25-10-8-24(9-11-25)18-5-3-4-6-22-18/h3-6,13-14H,7-12H2,1-2H3,(H,23,26). The molecule has 1 N–H and O–H groups in total. The zero-order valence-corrected chi connectivity index (χ0v) is 16.5. The number of aryl methyl sites for hydroxylation is 2. The maximum Gasteiger partial charge on any atom is 0.317 e. The second kappa shape index (κ2) is 8.95. The fourth-order valence-electron chi connectivity index (χ4n) is 3.11. The Labute approximate surface area is 165 Å². The molecule has 1 aromatic heterocycles. The minimum absolute atomic E-state index is 0.0530. The van der Waals surface area contributed by atoms with Crippen LogP contribution in [0.2, 0.25) is 5.02 Å². The van der Waals surface area contributed by atoms with Crippen molar-refractivity contribution in [3.63, 3.8) is 0 Å². The third-order valence-corrected chi connectivity index (χ3v) is 5.19. The van der Waals surface area contributed by atoms with Crippen molar-refractivity contribution in [1.29, 1.82) is 0 Å². The number of amides is 2. The van der Waals surface area contributed by atoms with Crippen LogP contribution in [0.5, 0.6) is 5.75 Å². The van der Waals surface area contributed by atoms with Crippen molar-refractivity contribution in [3.05, 3.63) is 52.7 Å². The molecule has 2 heterocycles. The SMILES string of the molecule is Cc1cc(OCCNC(=O)N2CCN(c3ccccn3)CC2)cc(C)c1Cl. The van der Waals surface area contributed by atoms with Crippen molar-refractivity contribution in [2.45, 2.75) is 13.8 Å². The number of urea groups is 1. The molecule has 0 aliphatic carbocycles. The van der Waals surface area contributed by atoms with E-state index in [1.165, 1.54) is 0 Å². The molecule has 0 radical (unpaired) electrons. The summed E-state index contributed by atoms with van der Waals surface area (Å²) in [6, 6.07) is 9.64. The lowest BCUT2D eigenvalue weighted by Crippen LogP contribution is -2.52. The van der Waals surface area contributed by atoms with E-state index in [-0.39, 0.29) is 6.03 Å². The molecule has 1 fully saturated rings. The molecular formula is C20H25ClN4O2. The van der Waals surface area contributed by atoms with Crippen molar-refractivity contribution >= 4 is 23.4 Å². The number of nitrogens with zero attached hydrogens (tertiary/aromatic N) is 3. The third-order valence-electron chi connectivity index (χ3n) is 4.60. The summed E-state index contributed by atoms with van der Waals surface area (Å²) in [4.78, 5) is 20.7. The Kier molecular flexibility index (Phi) is 6.40. The number of hydrogen-bond donors (Lipinski definition) is 1. The summed E-state index contributed by atoms with van der Waals surface area (Å²) in [5, 5.41) is 3.68. The summed E-state index contributed by atoms with van der Waals surface area (Å²) < 4.78 is 5.73. The number of benzene rings is 1. The van der Waals surface area contributed by atoms with Gasteiger partial charge in [0.15, 0.2) is 0 Å². The van der Waals surface area contributed by atoms with E-state index in [1.807, 2.05) is 49.1 Å². The van der Waals surface area contributed by atoms with Crippen LogP contribution in [0, 0.1) is 13.8 Å². The van der Waals surface area contributed by atoms with Crippen molar-refractivity contribution in [2.75, 3.05) is 44.2 Å². The van der Waals surface area contributed by atoms with Gasteiger partial charge in [0.1, 0.15) is 18.2 Å². The topological polar surface area (TPSA) is 57.7 Å². The minimum atomic E-state index is -0.0530. The lowest BCUT2D eigenvalue weighted by Gasteiger charge is -2.35. The van der Waals surface area contributed by atoms with Gasteiger partial charge in [-0.05, 0) is 49.2 Å². The Morgan fingerprint density at radius 1 is 1.19 bits per heavy atom. The van der Waals surface area contributed by atoms with Gasteiger partial charge in [0, 0.05) is 37.4 Å². The number of pyridine rings is 1. The molecule has 0 bridgehead atoms. The van der Waals surface area contributed by atoms with E-state index in [4.69, 9.17) is 16.3 Å². The Hall–Kier alpha value is -2.47. The van der Waals surface area contributed by atoms with Gasteiger partial charge in [-0.25, -0.2) is 9.78 Å². The molecule has 0 atom stereocenters. The van der Waals surface area contributed by atoms with Gasteiger partial charge >= 0.3 is 6.03 Å². The molecular weight excluding hydrogens is 364 g/mol. The van der Waals surface area contributed by atoms with Crippen LogP contribution in [0.4, 0.5) is 10.6 Å². The number of anilines is 1. The number of ether oxygens (including phenoxy) is 1. The quantitative estimate of drug-likeness (QED) is 0.799. The van der Waals surface area contributed by atoms with E-state index in [2.05, 4.69) is 15.2 Å². The highest BCUT2D eigenvalue weighted by molar-refractivity contribution is 6.32. The van der Waals surface area contributed by atoms with Gasteiger partial charge in [-0.3, -0.25) is 0 Å². The predicted octanol–water partition coefficient (Wildman–Crippen LogP) is 3.26. The average Bonchev–Trinajstić information content (AvgIpc) is 2.70. The van der Waals surface area contributed by atoms with Crippen LogP contribution in [0.15, 0.2) is 36.5 Å². The normalized spacial score (nSPS) is 14.2. The number of piperazine rings is 1. The molecule has 0 spiro atoms. The van der Waals surface area contributed by atoms with Crippen LogP contribution in [0.1, 0.15) is 11.1 Å². The summed E-state index contributed by atoms with van der Waals surface area (Å²) in [6.45, 7) is 7.70. The molecule has 1 aliphatic heterocycles. The lowest BCUT2D eigenvalue weighted by atomic mass is 10.1. The predicted molar refractivity (Wildman–Crippen MR) is 108 cm³/mol. The number of carbonyl (C=O) groups is 1. The number of hydrogen-bond acceptors (Lipinski definition) is 4. The van der Waals surface area contributed by atoms with Crippen molar-refractivity contribution in [1.82, 2.24) is 15.2 Å². The van der Waals surface area contributed by atoms with Gasteiger partial charge in [-0.15, -0.1) is 0 Å². The van der Waals surface area contributed by atoms with Crippen LogP contribution in [0.3, 0.4) is 0 Å². The van der Waals surface area contributed by atoms with Crippen molar-refractivity contribution in [2.24, 2.45) is 0 Å². The van der Waals surface area contributed by atoms with E-state index in [0.29, 0.717) is 26.2 Å². The molecule has 2 aromatic rings.